The fraction of sp³-hybridized carbons (Fsp3) is 0.424. The van der Waals surface area contributed by atoms with E-state index in [1.807, 2.05) is 36.4 Å². The van der Waals surface area contributed by atoms with Crippen molar-refractivity contribution in [3.63, 3.8) is 0 Å². The minimum Gasteiger partial charge on any atom is -0.480 e. The number of carbonyl (C=O) groups is 2. The first-order valence-electron chi connectivity index (χ1n) is 14.9. The Bertz CT molecular complexity index is 1720. The van der Waals surface area contributed by atoms with Crippen molar-refractivity contribution in [2.75, 3.05) is 38.3 Å². The Balaban J connectivity index is 1.37. The Labute approximate surface area is 249 Å². The normalized spacial score (nSPS) is 17.6. The molecule has 0 bridgehead atoms. The van der Waals surface area contributed by atoms with E-state index in [2.05, 4.69) is 16.8 Å². The summed E-state index contributed by atoms with van der Waals surface area (Å²) in [5, 5.41) is 1.72. The summed E-state index contributed by atoms with van der Waals surface area (Å²) < 4.78 is 22.8. The summed E-state index contributed by atoms with van der Waals surface area (Å²) in [6.07, 6.45) is 1.92. The van der Waals surface area contributed by atoms with Crippen LogP contribution in [-0.2, 0) is 38.4 Å². The molecule has 226 valence electrons. The van der Waals surface area contributed by atoms with Crippen LogP contribution in [0.15, 0.2) is 51.7 Å². The highest BCUT2D eigenvalue weighted by atomic mass is 16.5. The number of nitrogens with one attached hydrogen (secondary N) is 1. The van der Waals surface area contributed by atoms with Crippen LogP contribution in [0.2, 0.25) is 0 Å². The highest BCUT2D eigenvalue weighted by molar-refractivity contribution is 5.93. The van der Waals surface area contributed by atoms with Crippen molar-refractivity contribution in [1.29, 1.82) is 0 Å². The van der Waals surface area contributed by atoms with E-state index in [0.29, 0.717) is 55.9 Å². The number of para-hydroxylation sites is 1. The minimum absolute atomic E-state index is 0.224. The molecule has 1 fully saturated rings. The molecular weight excluding hydrogens is 550 g/mol. The fourth-order valence-electron chi connectivity index (χ4n) is 6.25. The number of ether oxygens (including phenoxy) is 3. The third kappa shape index (κ3) is 5.59. The topological polar surface area (TPSA) is 114 Å². The van der Waals surface area contributed by atoms with Gasteiger partial charge in [0, 0.05) is 60.0 Å². The number of H-pyrrole nitrogens is 1. The molecular formula is C33H37N3O7. The van der Waals surface area contributed by atoms with Gasteiger partial charge in [-0.3, -0.25) is 4.79 Å². The standard InChI is InChI=1S/C33H37N3O7/c1-4-5-8-21-15-30(37)43-29-17-22(35-11-13-41-14-12-35)16-28(31(21)29)42-20(2)32(38)36-19-26-24(18-27(36)33(39)40-3)23-9-6-7-10-25(23)34-26/h6-7,9-10,15-17,20,27,34H,4-5,8,11-14,18-19H2,1-3H3/t20-,27+/m1/s1. The van der Waals surface area contributed by atoms with Crippen LogP contribution in [-0.4, -0.2) is 67.3 Å². The summed E-state index contributed by atoms with van der Waals surface area (Å²) in [6, 6.07) is 12.4. The maximum Gasteiger partial charge on any atom is 0.336 e. The third-order valence-electron chi connectivity index (χ3n) is 8.46. The number of methoxy groups -OCH3 is 1. The largest absolute Gasteiger partial charge is 0.480 e. The van der Waals surface area contributed by atoms with Gasteiger partial charge in [0.05, 0.1) is 32.3 Å². The zero-order valence-corrected chi connectivity index (χ0v) is 24.8. The lowest BCUT2D eigenvalue weighted by molar-refractivity contribution is -0.156. The maximum absolute atomic E-state index is 14.1. The number of nitrogens with zero attached hydrogens (tertiary/aromatic N) is 2. The van der Waals surface area contributed by atoms with Gasteiger partial charge in [-0.05, 0) is 37.0 Å². The van der Waals surface area contributed by atoms with Gasteiger partial charge in [0.15, 0.2) is 6.10 Å². The van der Waals surface area contributed by atoms with Gasteiger partial charge in [-0.15, -0.1) is 0 Å². The molecule has 0 aliphatic carbocycles. The molecule has 43 heavy (non-hydrogen) atoms. The summed E-state index contributed by atoms with van der Waals surface area (Å²) in [6.45, 7) is 6.54. The predicted molar refractivity (Wildman–Crippen MR) is 163 cm³/mol. The number of unbranched alkanes of at least 4 members (excludes halogenated alkanes) is 1. The molecule has 2 aromatic carbocycles. The third-order valence-corrected chi connectivity index (χ3v) is 8.46. The number of esters is 1. The van der Waals surface area contributed by atoms with Crippen molar-refractivity contribution in [3.8, 4) is 5.75 Å². The van der Waals surface area contributed by atoms with Crippen molar-refractivity contribution in [1.82, 2.24) is 9.88 Å². The number of aryl methyl sites for hydroxylation is 1. The molecule has 2 aromatic heterocycles. The number of carbonyl (C=O) groups excluding carboxylic acids is 2. The van der Waals surface area contributed by atoms with Crippen LogP contribution in [0.1, 0.15) is 43.5 Å². The van der Waals surface area contributed by atoms with Gasteiger partial charge in [-0.25, -0.2) is 9.59 Å². The number of amides is 1. The zero-order valence-electron chi connectivity index (χ0n) is 24.8. The van der Waals surface area contributed by atoms with Crippen molar-refractivity contribution >= 4 is 39.4 Å². The summed E-state index contributed by atoms with van der Waals surface area (Å²) in [5.41, 5.74) is 4.52. The van der Waals surface area contributed by atoms with E-state index in [1.54, 1.807) is 11.8 Å². The summed E-state index contributed by atoms with van der Waals surface area (Å²) in [7, 11) is 1.34. The SMILES string of the molecule is CCCCc1cc(=O)oc2cc(N3CCOCC3)cc(O[C@H](C)C(=O)N3Cc4[nH]c5ccccc5c4C[C@H]3C(=O)OC)c12. The molecule has 0 radical (unpaired) electrons. The maximum atomic E-state index is 14.1. The van der Waals surface area contributed by atoms with E-state index in [9.17, 15) is 14.4 Å². The molecule has 1 N–H and O–H groups in total. The van der Waals surface area contributed by atoms with E-state index < -0.39 is 23.7 Å². The van der Waals surface area contributed by atoms with Crippen molar-refractivity contribution < 1.29 is 28.2 Å². The molecule has 10 nitrogen and oxygen atoms in total. The Kier molecular flexibility index (Phi) is 8.12. The van der Waals surface area contributed by atoms with E-state index in [-0.39, 0.29) is 12.5 Å². The van der Waals surface area contributed by atoms with Crippen molar-refractivity contribution in [2.45, 2.75) is 58.2 Å². The number of benzene rings is 2. The fourth-order valence-corrected chi connectivity index (χ4v) is 6.25. The van der Waals surface area contributed by atoms with Crippen LogP contribution >= 0.6 is 0 Å². The molecule has 2 aliphatic heterocycles. The van der Waals surface area contributed by atoms with Crippen molar-refractivity contribution in [2.24, 2.45) is 0 Å². The molecule has 6 rings (SSSR count). The number of hydrogen-bond donors (Lipinski definition) is 1. The number of morpholine rings is 1. The monoisotopic (exact) mass is 587 g/mol. The lowest BCUT2D eigenvalue weighted by atomic mass is 9.96. The van der Waals surface area contributed by atoms with E-state index in [1.165, 1.54) is 13.2 Å². The van der Waals surface area contributed by atoms with E-state index >= 15 is 0 Å². The van der Waals surface area contributed by atoms with Gasteiger partial charge < -0.3 is 33.4 Å². The van der Waals surface area contributed by atoms with Gasteiger partial charge in [0.25, 0.3) is 5.91 Å². The number of rotatable bonds is 8. The lowest BCUT2D eigenvalue weighted by Gasteiger charge is -2.35. The van der Waals surface area contributed by atoms with E-state index in [4.69, 9.17) is 18.6 Å². The van der Waals surface area contributed by atoms with Crippen LogP contribution in [0, 0.1) is 0 Å². The summed E-state index contributed by atoms with van der Waals surface area (Å²) in [4.78, 5) is 46.7. The van der Waals surface area contributed by atoms with Crippen LogP contribution in [0.3, 0.4) is 0 Å². The molecule has 0 unspecified atom stereocenters. The first-order valence-corrected chi connectivity index (χ1v) is 14.9. The highest BCUT2D eigenvalue weighted by Gasteiger charge is 2.39. The molecule has 2 aliphatic rings. The van der Waals surface area contributed by atoms with E-state index in [0.717, 1.165) is 46.3 Å². The van der Waals surface area contributed by atoms with Crippen LogP contribution < -0.4 is 15.3 Å². The first-order chi connectivity index (χ1) is 20.9. The second-order valence-corrected chi connectivity index (χ2v) is 11.2. The molecule has 1 saturated heterocycles. The summed E-state index contributed by atoms with van der Waals surface area (Å²) in [5.74, 6) is -0.343. The number of hydrogen-bond acceptors (Lipinski definition) is 8. The smallest absolute Gasteiger partial charge is 0.336 e. The molecule has 10 heteroatoms. The molecule has 0 saturated carbocycles. The number of aromatic amines is 1. The van der Waals surface area contributed by atoms with Gasteiger partial charge in [-0.1, -0.05) is 31.5 Å². The second kappa shape index (κ2) is 12.1. The number of fused-ring (bicyclic) bond motifs is 4. The highest BCUT2D eigenvalue weighted by Crippen LogP contribution is 2.36. The number of aromatic nitrogens is 1. The molecule has 2 atom stereocenters. The van der Waals surface area contributed by atoms with Gasteiger partial charge in [0.2, 0.25) is 0 Å². The average molecular weight is 588 g/mol. The molecule has 0 spiro atoms. The predicted octanol–water partition coefficient (Wildman–Crippen LogP) is 4.35. The molecule has 4 heterocycles. The Morgan fingerprint density at radius 1 is 1.14 bits per heavy atom. The summed E-state index contributed by atoms with van der Waals surface area (Å²) >= 11 is 0. The van der Waals surface area contributed by atoms with Gasteiger partial charge in [-0.2, -0.15) is 0 Å². The Morgan fingerprint density at radius 2 is 1.93 bits per heavy atom. The zero-order chi connectivity index (χ0) is 30.1. The average Bonchev–Trinajstić information content (AvgIpc) is 3.39. The van der Waals surface area contributed by atoms with Crippen molar-refractivity contribution in [3.05, 3.63) is 69.7 Å². The molecule has 1 amide bonds. The Hall–Kier alpha value is -4.31. The van der Waals surface area contributed by atoms with Crippen LogP contribution in [0.25, 0.3) is 21.9 Å². The van der Waals surface area contributed by atoms with Crippen LogP contribution in [0.5, 0.6) is 5.75 Å². The van der Waals surface area contributed by atoms with Gasteiger partial charge >= 0.3 is 11.6 Å². The lowest BCUT2D eigenvalue weighted by Crippen LogP contribution is -2.52. The first kappa shape index (κ1) is 28.8. The Morgan fingerprint density at radius 3 is 2.70 bits per heavy atom. The second-order valence-electron chi connectivity index (χ2n) is 11.2. The van der Waals surface area contributed by atoms with Gasteiger partial charge in [0.1, 0.15) is 17.4 Å². The minimum atomic E-state index is -0.938. The quantitative estimate of drug-likeness (QED) is 0.239. The number of anilines is 1. The van der Waals surface area contributed by atoms with Crippen LogP contribution in [0.4, 0.5) is 5.69 Å². The molecule has 4 aromatic rings.